The zero-order valence-electron chi connectivity index (χ0n) is 6.35. The van der Waals surface area contributed by atoms with E-state index in [1.165, 1.54) is 0 Å². The molecular formula is C6H5O7-3. The number of hydrogen-bond acceptors (Lipinski definition) is 7. The molecule has 0 saturated heterocycles. The van der Waals surface area contributed by atoms with Gasteiger partial charge in [-0.15, -0.1) is 0 Å². The maximum atomic E-state index is 10.1. The lowest BCUT2D eigenvalue weighted by molar-refractivity contribution is -0.330. The van der Waals surface area contributed by atoms with Crippen LogP contribution in [-0.2, 0) is 19.1 Å². The lowest BCUT2D eigenvalue weighted by atomic mass is 10.2. The second-order valence-corrected chi connectivity index (χ2v) is 2.07. The Morgan fingerprint density at radius 2 is 1.62 bits per heavy atom. The fraction of sp³-hybridized carbons (Fsp3) is 0.500. The third kappa shape index (κ3) is 5.62. The van der Waals surface area contributed by atoms with Crippen molar-refractivity contribution < 1.29 is 34.4 Å². The first kappa shape index (κ1) is 11.4. The first-order chi connectivity index (χ1) is 5.93. The lowest BCUT2D eigenvalue weighted by Crippen LogP contribution is -2.43. The van der Waals surface area contributed by atoms with Crippen LogP contribution in [0.2, 0.25) is 0 Å². The van der Waals surface area contributed by atoms with Gasteiger partial charge in [0, 0.05) is 12.4 Å². The van der Waals surface area contributed by atoms with Gasteiger partial charge in [-0.1, -0.05) is 0 Å². The lowest BCUT2D eigenvalue weighted by Gasteiger charge is -2.19. The number of hydrogen-bond donors (Lipinski definition) is 0. The molecule has 0 aliphatic heterocycles. The van der Waals surface area contributed by atoms with Crippen LogP contribution in [0.25, 0.3) is 0 Å². The summed E-state index contributed by atoms with van der Waals surface area (Å²) in [6.45, 7) is -1.01. The van der Waals surface area contributed by atoms with Crippen molar-refractivity contribution in [2.45, 2.75) is 12.5 Å². The highest BCUT2D eigenvalue weighted by atomic mass is 16.5. The van der Waals surface area contributed by atoms with Gasteiger partial charge < -0.3 is 34.4 Å². The Kier molecular flexibility index (Phi) is 4.45. The highest BCUT2D eigenvalue weighted by Gasteiger charge is 2.10. The molecular weight excluding hydrogens is 184 g/mol. The number of rotatable bonds is 6. The van der Waals surface area contributed by atoms with Gasteiger partial charge >= 0.3 is 0 Å². The van der Waals surface area contributed by atoms with Crippen molar-refractivity contribution in [2.75, 3.05) is 6.61 Å². The zero-order chi connectivity index (χ0) is 10.4. The molecule has 74 valence electrons. The molecule has 0 spiro atoms. The smallest absolute Gasteiger partial charge is 0.102 e. The monoisotopic (exact) mass is 189 g/mol. The number of carbonyl (C=O) groups is 3. The van der Waals surface area contributed by atoms with E-state index in [9.17, 15) is 29.7 Å². The molecule has 0 fully saturated rings. The van der Waals surface area contributed by atoms with E-state index in [1.54, 1.807) is 0 Å². The van der Waals surface area contributed by atoms with E-state index in [1.807, 2.05) is 0 Å². The predicted molar refractivity (Wildman–Crippen MR) is 29.4 cm³/mol. The Morgan fingerprint density at radius 1 is 1.08 bits per heavy atom. The van der Waals surface area contributed by atoms with Crippen LogP contribution in [0.4, 0.5) is 0 Å². The van der Waals surface area contributed by atoms with Crippen molar-refractivity contribution in [3.05, 3.63) is 0 Å². The predicted octanol–water partition coefficient (Wildman–Crippen LogP) is -4.99. The van der Waals surface area contributed by atoms with Crippen LogP contribution < -0.4 is 15.3 Å². The molecule has 0 saturated carbocycles. The average Bonchev–Trinajstić information content (AvgIpc) is 1.96. The minimum atomic E-state index is -1.83. The molecule has 0 aromatic rings. The molecule has 13 heavy (non-hydrogen) atoms. The van der Waals surface area contributed by atoms with E-state index in [2.05, 4.69) is 4.74 Å². The number of ether oxygens (including phenoxy) is 1. The maximum absolute atomic E-state index is 10.1. The summed E-state index contributed by atoms with van der Waals surface area (Å²) in [6.07, 6.45) is -2.79. The first-order valence-electron chi connectivity index (χ1n) is 3.15. The Morgan fingerprint density at radius 3 is 1.92 bits per heavy atom. The van der Waals surface area contributed by atoms with Gasteiger partial charge in [0.1, 0.15) is 6.10 Å². The van der Waals surface area contributed by atoms with Gasteiger partial charge in [0.25, 0.3) is 0 Å². The highest BCUT2D eigenvalue weighted by Crippen LogP contribution is 1.95. The van der Waals surface area contributed by atoms with Crippen molar-refractivity contribution >= 4 is 17.9 Å². The Labute approximate surface area is 72.5 Å². The Bertz CT molecular complexity index is 221. The van der Waals surface area contributed by atoms with Crippen molar-refractivity contribution in [3.8, 4) is 0 Å². The van der Waals surface area contributed by atoms with Gasteiger partial charge in [-0.05, 0) is 0 Å². The Hall–Kier alpha value is -1.63. The molecule has 0 radical (unpaired) electrons. The summed E-state index contributed by atoms with van der Waals surface area (Å²) in [5, 5.41) is 29.8. The molecule has 1 unspecified atom stereocenters. The minimum Gasteiger partial charge on any atom is -0.550 e. The van der Waals surface area contributed by atoms with Crippen molar-refractivity contribution in [3.63, 3.8) is 0 Å². The maximum Gasteiger partial charge on any atom is 0.102 e. The molecule has 1 atom stereocenters. The van der Waals surface area contributed by atoms with Gasteiger partial charge in [0.15, 0.2) is 0 Å². The van der Waals surface area contributed by atoms with Crippen molar-refractivity contribution in [2.24, 2.45) is 0 Å². The summed E-state index contributed by atoms with van der Waals surface area (Å²) >= 11 is 0. The van der Waals surface area contributed by atoms with Gasteiger partial charge in [0.2, 0.25) is 0 Å². The van der Waals surface area contributed by atoms with Crippen molar-refractivity contribution in [1.82, 2.24) is 0 Å². The number of carbonyl (C=O) groups excluding carboxylic acids is 3. The van der Waals surface area contributed by atoms with Crippen LogP contribution in [0.3, 0.4) is 0 Å². The highest BCUT2D eigenvalue weighted by molar-refractivity contribution is 5.77. The molecule has 0 aliphatic rings. The largest absolute Gasteiger partial charge is 0.550 e. The standard InChI is InChI=1S/C6H8O7/c7-4(8)1-3(6(11)12)13-2-5(9)10/h3H,1-2H2,(H,7,8)(H,9,10)(H,11,12)/p-3. The van der Waals surface area contributed by atoms with E-state index in [4.69, 9.17) is 0 Å². The van der Waals surface area contributed by atoms with Gasteiger partial charge in [0.05, 0.1) is 18.5 Å². The summed E-state index contributed by atoms with van der Waals surface area (Å²) in [5.41, 5.74) is 0. The number of aliphatic carboxylic acids is 3. The summed E-state index contributed by atoms with van der Waals surface area (Å²) in [5.74, 6) is -5.14. The molecule has 0 bridgehead atoms. The average molecular weight is 189 g/mol. The van der Waals surface area contributed by atoms with Gasteiger partial charge in [-0.25, -0.2) is 0 Å². The second-order valence-electron chi connectivity index (χ2n) is 2.07. The van der Waals surface area contributed by atoms with E-state index in [0.717, 1.165) is 0 Å². The van der Waals surface area contributed by atoms with Crippen molar-refractivity contribution in [1.29, 1.82) is 0 Å². The SMILES string of the molecule is O=C([O-])COC(CC(=O)[O-])C(=O)[O-]. The summed E-state index contributed by atoms with van der Waals surface area (Å²) < 4.78 is 4.13. The first-order valence-corrected chi connectivity index (χ1v) is 3.15. The second kappa shape index (κ2) is 5.09. The van der Waals surface area contributed by atoms with Gasteiger partial charge in [-0.2, -0.15) is 0 Å². The Balaban J connectivity index is 4.02. The molecule has 0 N–H and O–H groups in total. The zero-order valence-corrected chi connectivity index (χ0v) is 6.35. The minimum absolute atomic E-state index is 0.963. The summed E-state index contributed by atoms with van der Waals surface area (Å²) in [7, 11) is 0. The molecule has 0 aromatic heterocycles. The molecule has 0 heterocycles. The normalized spacial score (nSPS) is 12.0. The molecule has 0 amide bonds. The fourth-order valence-electron chi connectivity index (χ4n) is 0.530. The van der Waals surface area contributed by atoms with E-state index in [0.29, 0.717) is 0 Å². The van der Waals surface area contributed by atoms with E-state index in [-0.39, 0.29) is 0 Å². The fourth-order valence-corrected chi connectivity index (χ4v) is 0.530. The molecule has 7 nitrogen and oxygen atoms in total. The third-order valence-electron chi connectivity index (χ3n) is 1.02. The van der Waals surface area contributed by atoms with Crippen LogP contribution in [0, 0.1) is 0 Å². The van der Waals surface area contributed by atoms with Crippen LogP contribution in [0.5, 0.6) is 0 Å². The third-order valence-corrected chi connectivity index (χ3v) is 1.02. The van der Waals surface area contributed by atoms with Crippen LogP contribution in [-0.4, -0.2) is 30.6 Å². The summed E-state index contributed by atoms with van der Waals surface area (Å²) in [6, 6.07) is 0. The van der Waals surface area contributed by atoms with Gasteiger partial charge in [-0.3, -0.25) is 0 Å². The van der Waals surface area contributed by atoms with E-state index < -0.39 is 37.0 Å². The quantitative estimate of drug-likeness (QED) is 0.408. The molecule has 0 aromatic carbocycles. The van der Waals surface area contributed by atoms with Crippen LogP contribution in [0.15, 0.2) is 0 Å². The number of carboxylic acid groups (broad SMARTS) is 3. The van der Waals surface area contributed by atoms with E-state index >= 15 is 0 Å². The number of carboxylic acids is 3. The topological polar surface area (TPSA) is 130 Å². The van der Waals surface area contributed by atoms with Crippen LogP contribution in [0.1, 0.15) is 6.42 Å². The molecule has 0 aliphatic carbocycles. The molecule has 0 rings (SSSR count). The van der Waals surface area contributed by atoms with Crippen LogP contribution >= 0.6 is 0 Å². The molecule has 7 heteroatoms. The summed E-state index contributed by atoms with van der Waals surface area (Å²) in [4.78, 5) is 29.8.